The van der Waals surface area contributed by atoms with Crippen molar-refractivity contribution in [2.45, 2.75) is 39.2 Å². The standard InChI is InChI=1S/C20H32N4O2/c1-16(2)22-9-4-10-24(14-13-22)20(25)17-7-11-23(12-8-17)18-5-6-19(26-3)21-15-18/h5-6,15-17H,4,7-14H2,1-3H3. The van der Waals surface area contributed by atoms with Gasteiger partial charge in [0.25, 0.3) is 0 Å². The Morgan fingerprint density at radius 1 is 1.12 bits per heavy atom. The van der Waals surface area contributed by atoms with Crippen LogP contribution in [0.4, 0.5) is 5.69 Å². The first kappa shape index (κ1) is 19.0. The molecule has 1 amide bonds. The Hall–Kier alpha value is -1.82. The van der Waals surface area contributed by atoms with Crippen LogP contribution in [0.3, 0.4) is 0 Å². The van der Waals surface area contributed by atoms with Gasteiger partial charge in [-0.05, 0) is 39.2 Å². The van der Waals surface area contributed by atoms with E-state index in [0.29, 0.717) is 17.8 Å². The van der Waals surface area contributed by atoms with Crippen LogP contribution in [0.5, 0.6) is 5.88 Å². The zero-order valence-corrected chi connectivity index (χ0v) is 16.4. The molecule has 0 radical (unpaired) electrons. The van der Waals surface area contributed by atoms with E-state index in [1.54, 1.807) is 7.11 Å². The molecule has 2 aliphatic rings. The Bertz CT molecular complexity index is 582. The van der Waals surface area contributed by atoms with Gasteiger partial charge in [0.05, 0.1) is 19.0 Å². The van der Waals surface area contributed by atoms with Gasteiger partial charge in [0.2, 0.25) is 11.8 Å². The van der Waals surface area contributed by atoms with Gasteiger partial charge in [-0.15, -0.1) is 0 Å². The monoisotopic (exact) mass is 360 g/mol. The molecular formula is C20H32N4O2. The number of pyridine rings is 1. The highest BCUT2D eigenvalue weighted by Crippen LogP contribution is 2.25. The van der Waals surface area contributed by atoms with Gasteiger partial charge in [0, 0.05) is 57.3 Å². The fourth-order valence-electron chi connectivity index (χ4n) is 4.00. The fraction of sp³-hybridized carbons (Fsp3) is 0.700. The average Bonchev–Trinajstić information content (AvgIpc) is 2.94. The van der Waals surface area contributed by atoms with Crippen LogP contribution in [0.15, 0.2) is 18.3 Å². The molecule has 26 heavy (non-hydrogen) atoms. The second kappa shape index (κ2) is 8.71. The maximum atomic E-state index is 13.0. The molecule has 144 valence electrons. The van der Waals surface area contributed by atoms with E-state index in [9.17, 15) is 4.79 Å². The third-order valence-electron chi connectivity index (χ3n) is 5.71. The van der Waals surface area contributed by atoms with Crippen LogP contribution in [0.25, 0.3) is 0 Å². The summed E-state index contributed by atoms with van der Waals surface area (Å²) in [5.74, 6) is 1.17. The van der Waals surface area contributed by atoms with Crippen molar-refractivity contribution in [2.24, 2.45) is 5.92 Å². The largest absolute Gasteiger partial charge is 0.481 e. The molecule has 2 aliphatic heterocycles. The molecule has 0 saturated carbocycles. The lowest BCUT2D eigenvalue weighted by molar-refractivity contribution is -0.136. The summed E-state index contributed by atoms with van der Waals surface area (Å²) in [6.45, 7) is 10.2. The van der Waals surface area contributed by atoms with Crippen molar-refractivity contribution in [3.05, 3.63) is 18.3 Å². The highest BCUT2D eigenvalue weighted by molar-refractivity contribution is 5.79. The first-order chi connectivity index (χ1) is 12.6. The van der Waals surface area contributed by atoms with Crippen molar-refractivity contribution >= 4 is 11.6 Å². The van der Waals surface area contributed by atoms with Crippen molar-refractivity contribution < 1.29 is 9.53 Å². The number of hydrogen-bond acceptors (Lipinski definition) is 5. The number of rotatable bonds is 4. The molecule has 0 N–H and O–H groups in total. The summed E-state index contributed by atoms with van der Waals surface area (Å²) in [5, 5.41) is 0. The zero-order valence-electron chi connectivity index (χ0n) is 16.4. The minimum absolute atomic E-state index is 0.169. The van der Waals surface area contributed by atoms with E-state index in [-0.39, 0.29) is 5.92 Å². The van der Waals surface area contributed by atoms with E-state index in [0.717, 1.165) is 64.2 Å². The Morgan fingerprint density at radius 3 is 2.50 bits per heavy atom. The molecule has 3 rings (SSSR count). The van der Waals surface area contributed by atoms with Gasteiger partial charge in [-0.2, -0.15) is 0 Å². The van der Waals surface area contributed by atoms with E-state index >= 15 is 0 Å². The topological polar surface area (TPSA) is 48.9 Å². The van der Waals surface area contributed by atoms with Crippen molar-refractivity contribution in [3.8, 4) is 5.88 Å². The number of methoxy groups -OCH3 is 1. The van der Waals surface area contributed by atoms with Crippen molar-refractivity contribution in [1.29, 1.82) is 0 Å². The van der Waals surface area contributed by atoms with Gasteiger partial charge in [-0.1, -0.05) is 0 Å². The molecule has 0 bridgehead atoms. The molecule has 2 saturated heterocycles. The summed E-state index contributed by atoms with van der Waals surface area (Å²) in [7, 11) is 1.63. The number of ether oxygens (including phenoxy) is 1. The molecule has 1 aromatic rings. The van der Waals surface area contributed by atoms with Crippen LogP contribution in [-0.4, -0.2) is 73.1 Å². The normalized spacial score (nSPS) is 20.3. The number of carbonyl (C=O) groups excluding carboxylic acids is 1. The SMILES string of the molecule is COc1ccc(N2CCC(C(=O)N3CCCN(C(C)C)CC3)CC2)cn1. The molecule has 0 aliphatic carbocycles. The van der Waals surface area contributed by atoms with Crippen LogP contribution in [-0.2, 0) is 4.79 Å². The van der Waals surface area contributed by atoms with Crippen LogP contribution in [0.1, 0.15) is 33.1 Å². The summed E-state index contributed by atoms with van der Waals surface area (Å²) >= 11 is 0. The summed E-state index contributed by atoms with van der Waals surface area (Å²) in [6, 6.07) is 4.50. The Kier molecular flexibility index (Phi) is 6.35. The van der Waals surface area contributed by atoms with Crippen LogP contribution in [0.2, 0.25) is 0 Å². The van der Waals surface area contributed by atoms with Gasteiger partial charge in [0.1, 0.15) is 0 Å². The second-order valence-corrected chi connectivity index (χ2v) is 7.63. The first-order valence-electron chi connectivity index (χ1n) is 9.86. The van der Waals surface area contributed by atoms with Gasteiger partial charge in [0.15, 0.2) is 0 Å². The van der Waals surface area contributed by atoms with E-state index in [2.05, 4.69) is 33.5 Å². The van der Waals surface area contributed by atoms with Crippen LogP contribution >= 0.6 is 0 Å². The first-order valence-corrected chi connectivity index (χ1v) is 9.86. The average molecular weight is 361 g/mol. The molecule has 0 aromatic carbocycles. The van der Waals surface area contributed by atoms with Gasteiger partial charge in [-0.3, -0.25) is 9.69 Å². The Labute approximate surface area is 157 Å². The van der Waals surface area contributed by atoms with E-state index in [1.165, 1.54) is 0 Å². The second-order valence-electron chi connectivity index (χ2n) is 7.63. The summed E-state index contributed by atoms with van der Waals surface area (Å²) < 4.78 is 5.12. The summed E-state index contributed by atoms with van der Waals surface area (Å²) in [4.78, 5) is 24.2. The van der Waals surface area contributed by atoms with E-state index in [1.807, 2.05) is 18.3 Å². The summed E-state index contributed by atoms with van der Waals surface area (Å²) in [5.41, 5.74) is 1.11. The fourth-order valence-corrected chi connectivity index (χ4v) is 4.00. The minimum Gasteiger partial charge on any atom is -0.481 e. The van der Waals surface area contributed by atoms with Gasteiger partial charge >= 0.3 is 0 Å². The molecule has 1 aromatic heterocycles. The highest BCUT2D eigenvalue weighted by Gasteiger charge is 2.30. The Balaban J connectivity index is 1.51. The lowest BCUT2D eigenvalue weighted by Gasteiger charge is -2.35. The smallest absolute Gasteiger partial charge is 0.225 e. The maximum Gasteiger partial charge on any atom is 0.225 e. The quantitative estimate of drug-likeness (QED) is 0.824. The van der Waals surface area contributed by atoms with Gasteiger partial charge in [-0.25, -0.2) is 4.98 Å². The molecule has 0 atom stereocenters. The number of piperidine rings is 1. The van der Waals surface area contributed by atoms with Crippen LogP contribution < -0.4 is 9.64 Å². The predicted molar refractivity (Wildman–Crippen MR) is 104 cm³/mol. The molecule has 2 fully saturated rings. The number of hydrogen-bond donors (Lipinski definition) is 0. The van der Waals surface area contributed by atoms with E-state index < -0.39 is 0 Å². The molecular weight excluding hydrogens is 328 g/mol. The lowest BCUT2D eigenvalue weighted by atomic mass is 9.95. The molecule has 6 heteroatoms. The minimum atomic E-state index is 0.169. The Morgan fingerprint density at radius 2 is 1.88 bits per heavy atom. The van der Waals surface area contributed by atoms with Crippen LogP contribution in [0, 0.1) is 5.92 Å². The predicted octanol–water partition coefficient (Wildman–Crippen LogP) is 2.25. The summed E-state index contributed by atoms with van der Waals surface area (Å²) in [6.07, 6.45) is 4.79. The molecule has 3 heterocycles. The highest BCUT2D eigenvalue weighted by atomic mass is 16.5. The van der Waals surface area contributed by atoms with Gasteiger partial charge < -0.3 is 14.5 Å². The maximum absolute atomic E-state index is 13.0. The zero-order chi connectivity index (χ0) is 18.5. The third kappa shape index (κ3) is 4.47. The number of carbonyl (C=O) groups is 1. The third-order valence-corrected chi connectivity index (χ3v) is 5.71. The number of anilines is 1. The van der Waals surface area contributed by atoms with Crippen molar-refractivity contribution in [1.82, 2.24) is 14.8 Å². The molecule has 6 nitrogen and oxygen atoms in total. The van der Waals surface area contributed by atoms with Crippen molar-refractivity contribution in [2.75, 3.05) is 51.3 Å². The molecule has 0 unspecified atom stereocenters. The number of aromatic nitrogens is 1. The number of amides is 1. The lowest BCUT2D eigenvalue weighted by Crippen LogP contribution is -2.44. The number of nitrogens with zero attached hydrogens (tertiary/aromatic N) is 4. The van der Waals surface area contributed by atoms with Crippen molar-refractivity contribution in [3.63, 3.8) is 0 Å². The van der Waals surface area contributed by atoms with E-state index in [4.69, 9.17) is 4.74 Å². The molecule has 0 spiro atoms.